The van der Waals surface area contributed by atoms with E-state index in [0.717, 1.165) is 29.0 Å². The zero-order chi connectivity index (χ0) is 26.9. The van der Waals surface area contributed by atoms with Crippen molar-refractivity contribution in [3.63, 3.8) is 0 Å². The van der Waals surface area contributed by atoms with Crippen LogP contribution in [0.1, 0.15) is 38.7 Å². The summed E-state index contributed by atoms with van der Waals surface area (Å²) in [4.78, 5) is 28.1. The Morgan fingerprint density at radius 2 is 1.75 bits per heavy atom. The van der Waals surface area contributed by atoms with Gasteiger partial charge >= 0.3 is 0 Å². The van der Waals surface area contributed by atoms with Gasteiger partial charge in [-0.05, 0) is 48.7 Å². The number of nitrogens with one attached hydrogen (secondary N) is 1. The molecule has 36 heavy (non-hydrogen) atoms. The smallest absolute Gasteiger partial charge is 0.244 e. The van der Waals surface area contributed by atoms with Crippen molar-refractivity contribution in [2.75, 3.05) is 30.8 Å². The lowest BCUT2D eigenvalue weighted by atomic mass is 10.1. The Bertz CT molecular complexity index is 1140. The maximum atomic E-state index is 13.6. The molecule has 8 nitrogen and oxygen atoms in total. The molecule has 2 amide bonds. The molecule has 2 aromatic rings. The largest absolute Gasteiger partial charge is 0.495 e. The molecule has 0 saturated carbocycles. The van der Waals surface area contributed by atoms with Crippen molar-refractivity contribution < 1.29 is 22.7 Å². The van der Waals surface area contributed by atoms with E-state index in [1.807, 2.05) is 13.8 Å². The minimum Gasteiger partial charge on any atom is -0.495 e. The molecule has 11 heteroatoms. The molecule has 0 aliphatic rings. The topological polar surface area (TPSA) is 96.0 Å². The summed E-state index contributed by atoms with van der Waals surface area (Å²) in [6.07, 6.45) is 3.09. The molecule has 1 N–H and O–H groups in total. The molecule has 0 radical (unpaired) electrons. The van der Waals surface area contributed by atoms with Crippen molar-refractivity contribution >= 4 is 50.7 Å². The highest BCUT2D eigenvalue weighted by molar-refractivity contribution is 7.92. The summed E-state index contributed by atoms with van der Waals surface area (Å²) in [5.41, 5.74) is 0.967. The van der Waals surface area contributed by atoms with Crippen LogP contribution in [0.15, 0.2) is 42.5 Å². The number of sulfonamides is 1. The number of benzene rings is 2. The number of halogens is 2. The predicted molar refractivity (Wildman–Crippen MR) is 144 cm³/mol. The molecule has 2 rings (SSSR count). The van der Waals surface area contributed by atoms with E-state index in [1.165, 1.54) is 30.2 Å². The van der Waals surface area contributed by atoms with Gasteiger partial charge in [0.05, 0.1) is 24.1 Å². The van der Waals surface area contributed by atoms with E-state index in [2.05, 4.69) is 5.32 Å². The fraction of sp³-hybridized carbons (Fsp3) is 0.440. The fourth-order valence-corrected chi connectivity index (χ4v) is 4.86. The fourth-order valence-electron chi connectivity index (χ4n) is 3.64. The predicted octanol–water partition coefficient (Wildman–Crippen LogP) is 4.49. The van der Waals surface area contributed by atoms with Crippen molar-refractivity contribution in [1.82, 2.24) is 10.2 Å². The minimum absolute atomic E-state index is 0.108. The van der Waals surface area contributed by atoms with Gasteiger partial charge in [-0.1, -0.05) is 55.6 Å². The Hall–Kier alpha value is -2.49. The monoisotopic (exact) mass is 557 g/mol. The van der Waals surface area contributed by atoms with Gasteiger partial charge in [-0.15, -0.1) is 0 Å². The van der Waals surface area contributed by atoms with E-state index in [9.17, 15) is 18.0 Å². The van der Waals surface area contributed by atoms with Crippen LogP contribution in [0.3, 0.4) is 0 Å². The van der Waals surface area contributed by atoms with E-state index in [-0.39, 0.29) is 23.2 Å². The summed E-state index contributed by atoms with van der Waals surface area (Å²) in [6.45, 7) is 3.92. The molecule has 2 aromatic carbocycles. The van der Waals surface area contributed by atoms with Crippen molar-refractivity contribution in [1.29, 1.82) is 0 Å². The summed E-state index contributed by atoms with van der Waals surface area (Å²) in [6, 6.07) is 10.6. The van der Waals surface area contributed by atoms with Crippen LogP contribution in [0.4, 0.5) is 5.69 Å². The number of carbonyl (C=O) groups excluding carboxylic acids is 2. The van der Waals surface area contributed by atoms with E-state index in [1.54, 1.807) is 24.3 Å². The molecule has 1 atom stereocenters. The molecule has 0 aliphatic carbocycles. The second-order valence-corrected chi connectivity index (χ2v) is 11.1. The number of amides is 2. The number of methoxy groups -OCH3 is 1. The van der Waals surface area contributed by atoms with Gasteiger partial charge in [0.15, 0.2) is 0 Å². The Kier molecular flexibility index (Phi) is 11.3. The quantitative estimate of drug-likeness (QED) is 0.366. The molecule has 0 spiro atoms. The highest BCUT2D eigenvalue weighted by atomic mass is 35.5. The zero-order valence-corrected chi connectivity index (χ0v) is 23.3. The molecule has 0 heterocycles. The number of rotatable bonds is 13. The van der Waals surface area contributed by atoms with Crippen LogP contribution in [0.5, 0.6) is 5.75 Å². The summed E-state index contributed by atoms with van der Waals surface area (Å²) in [7, 11) is -2.41. The lowest BCUT2D eigenvalue weighted by molar-refractivity contribution is -0.140. The lowest BCUT2D eigenvalue weighted by Crippen LogP contribution is -2.52. The first-order valence-electron chi connectivity index (χ1n) is 11.6. The van der Waals surface area contributed by atoms with Crippen LogP contribution in [-0.4, -0.2) is 57.6 Å². The molecule has 198 valence electrons. The van der Waals surface area contributed by atoms with Gasteiger partial charge in [0.25, 0.3) is 0 Å². The van der Waals surface area contributed by atoms with Gasteiger partial charge in [-0.25, -0.2) is 8.42 Å². The van der Waals surface area contributed by atoms with Gasteiger partial charge in [-0.2, -0.15) is 0 Å². The second-order valence-electron chi connectivity index (χ2n) is 8.31. The Morgan fingerprint density at radius 3 is 2.28 bits per heavy atom. The first-order valence-corrected chi connectivity index (χ1v) is 14.2. The van der Waals surface area contributed by atoms with Gasteiger partial charge in [-0.3, -0.25) is 13.9 Å². The molecule has 1 unspecified atom stereocenters. The third kappa shape index (κ3) is 8.28. The van der Waals surface area contributed by atoms with Crippen molar-refractivity contribution in [2.45, 2.75) is 45.7 Å². The normalized spacial score (nSPS) is 12.1. The zero-order valence-electron chi connectivity index (χ0n) is 21.0. The van der Waals surface area contributed by atoms with Crippen molar-refractivity contribution in [2.24, 2.45) is 0 Å². The molecule has 0 aliphatic heterocycles. The van der Waals surface area contributed by atoms with Crippen LogP contribution >= 0.6 is 23.2 Å². The van der Waals surface area contributed by atoms with Gasteiger partial charge < -0.3 is 15.0 Å². The molecular weight excluding hydrogens is 525 g/mol. The van der Waals surface area contributed by atoms with Crippen molar-refractivity contribution in [3.8, 4) is 5.75 Å². The average molecular weight is 559 g/mol. The summed E-state index contributed by atoms with van der Waals surface area (Å²) in [5.74, 6) is -0.439. The van der Waals surface area contributed by atoms with Crippen LogP contribution in [0, 0.1) is 0 Å². The highest BCUT2D eigenvalue weighted by Gasteiger charge is 2.31. The number of unbranched alkanes of at least 4 members (excludes halogenated alkanes) is 1. The molecule has 0 bridgehead atoms. The molecule has 0 aromatic heterocycles. The van der Waals surface area contributed by atoms with Crippen LogP contribution in [0.2, 0.25) is 10.0 Å². The highest BCUT2D eigenvalue weighted by Crippen LogP contribution is 2.30. The number of carbonyl (C=O) groups is 2. The second kappa shape index (κ2) is 13.7. The maximum Gasteiger partial charge on any atom is 0.244 e. The third-order valence-electron chi connectivity index (χ3n) is 5.58. The average Bonchev–Trinajstić information content (AvgIpc) is 2.83. The third-order valence-corrected chi connectivity index (χ3v) is 7.27. The van der Waals surface area contributed by atoms with Gasteiger partial charge in [0, 0.05) is 18.1 Å². The van der Waals surface area contributed by atoms with E-state index in [4.69, 9.17) is 27.9 Å². The van der Waals surface area contributed by atoms with Crippen LogP contribution in [-0.2, 0) is 26.2 Å². The first kappa shape index (κ1) is 29.7. The molecule has 0 fully saturated rings. The summed E-state index contributed by atoms with van der Waals surface area (Å²) in [5, 5.41) is 3.63. The number of nitrogens with zero attached hydrogens (tertiary/aromatic N) is 2. The molecule has 0 saturated heterocycles. The van der Waals surface area contributed by atoms with E-state index < -0.39 is 28.5 Å². The number of anilines is 1. The molecular formula is C25H33Cl2N3O5S. The van der Waals surface area contributed by atoms with Gasteiger partial charge in [0.1, 0.15) is 18.3 Å². The Balaban J connectivity index is 2.42. The summed E-state index contributed by atoms with van der Waals surface area (Å²) >= 11 is 12.2. The lowest BCUT2D eigenvalue weighted by Gasteiger charge is -2.33. The number of hydrogen-bond acceptors (Lipinski definition) is 5. The first-order chi connectivity index (χ1) is 17.0. The Morgan fingerprint density at radius 1 is 1.08 bits per heavy atom. The standard InChI is InChI=1S/C25H33Cl2N3O5S/c1-5-7-14-28-25(32)22(6-2)29(16-18-8-10-19(26)11-9-18)24(31)17-30(36(4,33)34)20-12-13-23(35-3)21(27)15-20/h8-13,15,22H,5-7,14,16-17H2,1-4H3,(H,28,32). The van der Waals surface area contributed by atoms with Crippen LogP contribution < -0.4 is 14.4 Å². The maximum absolute atomic E-state index is 13.6. The number of ether oxygens (including phenoxy) is 1. The number of hydrogen-bond donors (Lipinski definition) is 1. The van der Waals surface area contributed by atoms with E-state index >= 15 is 0 Å². The van der Waals surface area contributed by atoms with E-state index in [0.29, 0.717) is 23.7 Å². The summed E-state index contributed by atoms with van der Waals surface area (Å²) < 4.78 is 31.5. The van der Waals surface area contributed by atoms with Gasteiger partial charge in [0.2, 0.25) is 21.8 Å². The van der Waals surface area contributed by atoms with Crippen molar-refractivity contribution in [3.05, 3.63) is 58.1 Å². The minimum atomic E-state index is -3.86. The Labute approximate surface area is 223 Å². The SMILES string of the molecule is CCCCNC(=O)C(CC)N(Cc1ccc(Cl)cc1)C(=O)CN(c1ccc(OC)c(Cl)c1)S(C)(=O)=O. The van der Waals surface area contributed by atoms with Crippen LogP contribution in [0.25, 0.3) is 0 Å².